The number of piperazine rings is 1. The van der Waals surface area contributed by atoms with Crippen LogP contribution in [0.3, 0.4) is 0 Å². The van der Waals surface area contributed by atoms with Gasteiger partial charge >= 0.3 is 0 Å². The van der Waals surface area contributed by atoms with Gasteiger partial charge in [-0.1, -0.05) is 0 Å². The van der Waals surface area contributed by atoms with Crippen molar-refractivity contribution >= 4 is 21.5 Å². The summed E-state index contributed by atoms with van der Waals surface area (Å²) in [5.41, 5.74) is 0.901. The fraction of sp³-hybridized carbons (Fsp3) is 0.727. The lowest BCUT2D eigenvalue weighted by atomic mass is 10.2. The molecule has 0 bridgehead atoms. The number of hydrogen-bond acceptors (Lipinski definition) is 5. The molecule has 1 aliphatic rings. The van der Waals surface area contributed by atoms with Crippen molar-refractivity contribution < 1.29 is 8.42 Å². The Hall–Kier alpha value is -0.540. The number of rotatable bonds is 4. The van der Waals surface area contributed by atoms with Gasteiger partial charge in [0.05, 0.1) is 16.7 Å². The highest BCUT2D eigenvalue weighted by atomic mass is 32.2. The molecule has 8 heteroatoms. The first kappa shape index (κ1) is 14.9. The Bertz CT molecular complexity index is 535. The van der Waals surface area contributed by atoms with Crippen molar-refractivity contribution in [3.63, 3.8) is 0 Å². The Balaban J connectivity index is 2.09. The van der Waals surface area contributed by atoms with Crippen LogP contribution >= 0.6 is 11.3 Å². The molecule has 6 nitrogen and oxygen atoms in total. The zero-order valence-electron chi connectivity index (χ0n) is 11.4. The summed E-state index contributed by atoms with van der Waals surface area (Å²) < 4.78 is 28.7. The average Bonchev–Trinajstić information content (AvgIpc) is 2.69. The summed E-state index contributed by atoms with van der Waals surface area (Å²) in [5, 5.41) is 4.10. The maximum Gasteiger partial charge on any atom is 0.280 e. The Labute approximate surface area is 118 Å². The first-order valence-corrected chi connectivity index (χ1v) is 8.58. The van der Waals surface area contributed by atoms with Crippen LogP contribution in [0.2, 0.25) is 0 Å². The van der Waals surface area contributed by atoms with E-state index in [2.05, 4.69) is 15.0 Å². The maximum atomic E-state index is 12.3. The molecule has 0 radical (unpaired) electrons. The summed E-state index contributed by atoms with van der Waals surface area (Å²) in [6.45, 7) is 8.14. The van der Waals surface area contributed by atoms with E-state index in [4.69, 9.17) is 0 Å². The third-order valence-corrected chi connectivity index (χ3v) is 6.03. The molecule has 1 saturated heterocycles. The minimum absolute atomic E-state index is 0.244. The van der Waals surface area contributed by atoms with Crippen molar-refractivity contribution in [2.75, 3.05) is 26.2 Å². The molecule has 19 heavy (non-hydrogen) atoms. The summed E-state index contributed by atoms with van der Waals surface area (Å²) in [6.07, 6.45) is 0. The summed E-state index contributed by atoms with van der Waals surface area (Å²) in [5.74, 6) is 0. The number of hydrogen-bond donors (Lipinski definition) is 2. The molecule has 0 spiro atoms. The van der Waals surface area contributed by atoms with Gasteiger partial charge in [0.15, 0.2) is 0 Å². The second-order valence-corrected chi connectivity index (χ2v) is 7.61. The largest absolute Gasteiger partial charge is 0.314 e. The van der Waals surface area contributed by atoms with Crippen molar-refractivity contribution in [2.45, 2.75) is 26.8 Å². The molecular formula is C11H20N4O2S2. The fourth-order valence-corrected chi connectivity index (χ4v) is 4.57. The molecule has 1 aromatic heterocycles. The van der Waals surface area contributed by atoms with E-state index in [1.807, 2.05) is 20.8 Å². The summed E-state index contributed by atoms with van der Waals surface area (Å²) in [6, 6.07) is -0.244. The first-order valence-electron chi connectivity index (χ1n) is 6.32. The third-order valence-electron chi connectivity index (χ3n) is 3.07. The molecule has 1 atom stereocenters. The van der Waals surface area contributed by atoms with Gasteiger partial charge in [-0.3, -0.25) is 0 Å². The zero-order valence-corrected chi connectivity index (χ0v) is 13.1. The van der Waals surface area contributed by atoms with Crippen molar-refractivity contribution in [1.82, 2.24) is 19.3 Å². The van der Waals surface area contributed by atoms with Crippen LogP contribution in [0, 0.1) is 13.8 Å². The number of nitrogens with one attached hydrogen (secondary N) is 2. The van der Waals surface area contributed by atoms with Gasteiger partial charge in [-0.2, -0.15) is 17.4 Å². The number of thiazole rings is 1. The van der Waals surface area contributed by atoms with Crippen LogP contribution < -0.4 is 10.0 Å². The molecule has 1 fully saturated rings. The highest BCUT2D eigenvalue weighted by Gasteiger charge is 2.26. The summed E-state index contributed by atoms with van der Waals surface area (Å²) >= 11 is 1.54. The quantitative estimate of drug-likeness (QED) is 0.852. The van der Waals surface area contributed by atoms with Crippen LogP contribution in [0.1, 0.15) is 28.5 Å². The molecular weight excluding hydrogens is 284 g/mol. The molecule has 0 aromatic carbocycles. The molecule has 0 aliphatic carbocycles. The molecule has 2 N–H and O–H groups in total. The van der Waals surface area contributed by atoms with E-state index >= 15 is 0 Å². The van der Waals surface area contributed by atoms with Gasteiger partial charge in [0.25, 0.3) is 10.2 Å². The maximum absolute atomic E-state index is 12.3. The molecule has 1 aromatic rings. The van der Waals surface area contributed by atoms with Crippen LogP contribution in [-0.4, -0.2) is 43.9 Å². The predicted molar refractivity (Wildman–Crippen MR) is 76.5 cm³/mol. The van der Waals surface area contributed by atoms with Crippen LogP contribution in [0.15, 0.2) is 0 Å². The second kappa shape index (κ2) is 5.84. The van der Waals surface area contributed by atoms with Gasteiger partial charge in [-0.15, -0.1) is 11.3 Å². The average molecular weight is 304 g/mol. The second-order valence-electron chi connectivity index (χ2n) is 4.68. The van der Waals surface area contributed by atoms with E-state index in [0.29, 0.717) is 26.2 Å². The molecule has 2 rings (SSSR count). The van der Waals surface area contributed by atoms with E-state index in [1.165, 1.54) is 4.31 Å². The monoisotopic (exact) mass is 304 g/mol. The van der Waals surface area contributed by atoms with Crippen molar-refractivity contribution in [2.24, 2.45) is 0 Å². The fourth-order valence-electron chi connectivity index (χ4n) is 2.18. The van der Waals surface area contributed by atoms with E-state index in [-0.39, 0.29) is 6.04 Å². The van der Waals surface area contributed by atoms with Gasteiger partial charge in [0.1, 0.15) is 0 Å². The molecule has 2 heterocycles. The van der Waals surface area contributed by atoms with Gasteiger partial charge in [-0.05, 0) is 20.8 Å². The lowest BCUT2D eigenvalue weighted by Crippen LogP contribution is -2.50. The van der Waals surface area contributed by atoms with Crippen molar-refractivity contribution in [1.29, 1.82) is 0 Å². The number of aryl methyl sites for hydroxylation is 2. The smallest absolute Gasteiger partial charge is 0.280 e. The van der Waals surface area contributed by atoms with Gasteiger partial charge in [-0.25, -0.2) is 4.98 Å². The topological polar surface area (TPSA) is 74.3 Å². The highest BCUT2D eigenvalue weighted by molar-refractivity contribution is 7.87. The predicted octanol–water partition coefficient (Wildman–Crippen LogP) is 0.561. The Kier molecular flexibility index (Phi) is 4.57. The molecule has 1 unspecified atom stereocenters. The van der Waals surface area contributed by atoms with E-state index in [9.17, 15) is 8.42 Å². The van der Waals surface area contributed by atoms with Crippen molar-refractivity contribution in [3.8, 4) is 0 Å². The first-order chi connectivity index (χ1) is 8.90. The summed E-state index contributed by atoms with van der Waals surface area (Å²) in [4.78, 5) is 5.32. The van der Waals surface area contributed by atoms with Crippen LogP contribution in [0.25, 0.3) is 0 Å². The van der Waals surface area contributed by atoms with E-state index in [0.717, 1.165) is 15.6 Å². The van der Waals surface area contributed by atoms with Gasteiger partial charge < -0.3 is 5.32 Å². The molecule has 108 valence electrons. The molecule has 0 amide bonds. The van der Waals surface area contributed by atoms with Crippen LogP contribution in [0.4, 0.5) is 0 Å². The standard InChI is InChI=1S/C11H20N4O2S2/c1-8-11(18-10(3)13-8)9(2)14-19(16,17)15-6-4-12-5-7-15/h9,12,14H,4-7H2,1-3H3. The lowest BCUT2D eigenvalue weighted by Gasteiger charge is -2.28. The molecule has 1 aliphatic heterocycles. The Morgan fingerprint density at radius 1 is 1.37 bits per heavy atom. The van der Waals surface area contributed by atoms with E-state index < -0.39 is 10.2 Å². The van der Waals surface area contributed by atoms with Crippen LogP contribution in [0.5, 0.6) is 0 Å². The third kappa shape index (κ3) is 3.51. The Morgan fingerprint density at radius 3 is 2.53 bits per heavy atom. The zero-order chi connectivity index (χ0) is 14.0. The van der Waals surface area contributed by atoms with Gasteiger partial charge in [0.2, 0.25) is 0 Å². The minimum atomic E-state index is -3.42. The van der Waals surface area contributed by atoms with E-state index in [1.54, 1.807) is 11.3 Å². The van der Waals surface area contributed by atoms with Crippen molar-refractivity contribution in [3.05, 3.63) is 15.6 Å². The van der Waals surface area contributed by atoms with Crippen LogP contribution in [-0.2, 0) is 10.2 Å². The molecule has 0 saturated carbocycles. The number of aromatic nitrogens is 1. The summed E-state index contributed by atoms with van der Waals surface area (Å²) in [7, 11) is -3.42. The SMILES string of the molecule is Cc1nc(C)c(C(C)NS(=O)(=O)N2CCNCC2)s1. The normalized spacial score (nSPS) is 19.5. The Morgan fingerprint density at radius 2 is 2.00 bits per heavy atom. The van der Waals surface area contributed by atoms with Gasteiger partial charge in [0, 0.05) is 31.1 Å². The lowest BCUT2D eigenvalue weighted by molar-refractivity contribution is 0.352. The highest BCUT2D eigenvalue weighted by Crippen LogP contribution is 2.25. The minimum Gasteiger partial charge on any atom is -0.314 e. The number of nitrogens with zero attached hydrogens (tertiary/aromatic N) is 2.